The minimum atomic E-state index is -1.22. The van der Waals surface area contributed by atoms with Crippen LogP contribution in [0.5, 0.6) is 0 Å². The van der Waals surface area contributed by atoms with Gasteiger partial charge >= 0.3 is 11.9 Å². The van der Waals surface area contributed by atoms with Crippen LogP contribution in [0.15, 0.2) is 12.5 Å². The van der Waals surface area contributed by atoms with Crippen LogP contribution in [0.4, 0.5) is 0 Å². The van der Waals surface area contributed by atoms with E-state index < -0.39 is 29.9 Å². The van der Waals surface area contributed by atoms with Crippen LogP contribution in [-0.2, 0) is 20.8 Å². The highest BCUT2D eigenvalue weighted by molar-refractivity contribution is 5.87. The van der Waals surface area contributed by atoms with Crippen LogP contribution in [0.3, 0.4) is 0 Å². The summed E-state index contributed by atoms with van der Waals surface area (Å²) >= 11 is 0. The fraction of sp³-hybridized carbons (Fsp3) is 0.455. The van der Waals surface area contributed by atoms with Crippen molar-refractivity contribution < 1.29 is 24.6 Å². The number of amides is 1. The van der Waals surface area contributed by atoms with Crippen molar-refractivity contribution in [2.45, 2.75) is 31.3 Å². The van der Waals surface area contributed by atoms with E-state index in [9.17, 15) is 14.4 Å². The number of hydrogen-bond acceptors (Lipinski definition) is 5. The molecular weight excluding hydrogens is 268 g/mol. The lowest BCUT2D eigenvalue weighted by atomic mass is 10.1. The Hall–Kier alpha value is -2.42. The molecule has 1 rings (SSSR count). The van der Waals surface area contributed by atoms with E-state index in [-0.39, 0.29) is 19.3 Å². The molecule has 0 aromatic carbocycles. The summed E-state index contributed by atoms with van der Waals surface area (Å²) in [5.74, 6) is -2.99. The maximum atomic E-state index is 11.7. The lowest BCUT2D eigenvalue weighted by molar-refractivity contribution is -0.142. The first-order valence-corrected chi connectivity index (χ1v) is 5.88. The Kier molecular flexibility index (Phi) is 5.66. The van der Waals surface area contributed by atoms with Crippen molar-refractivity contribution in [1.82, 2.24) is 15.3 Å². The number of aromatic nitrogens is 2. The summed E-state index contributed by atoms with van der Waals surface area (Å²) in [5, 5.41) is 19.8. The van der Waals surface area contributed by atoms with E-state index in [2.05, 4.69) is 15.3 Å². The lowest BCUT2D eigenvalue weighted by Gasteiger charge is -2.16. The van der Waals surface area contributed by atoms with E-state index in [1.165, 1.54) is 12.5 Å². The van der Waals surface area contributed by atoms with Crippen molar-refractivity contribution in [1.29, 1.82) is 0 Å². The molecule has 0 aliphatic heterocycles. The minimum Gasteiger partial charge on any atom is -0.481 e. The van der Waals surface area contributed by atoms with Crippen LogP contribution < -0.4 is 11.1 Å². The van der Waals surface area contributed by atoms with Gasteiger partial charge in [-0.25, -0.2) is 9.78 Å². The van der Waals surface area contributed by atoms with E-state index >= 15 is 0 Å². The molecule has 0 saturated carbocycles. The molecule has 0 radical (unpaired) electrons. The van der Waals surface area contributed by atoms with Gasteiger partial charge < -0.3 is 26.2 Å². The van der Waals surface area contributed by atoms with Crippen molar-refractivity contribution in [3.05, 3.63) is 18.2 Å². The first kappa shape index (κ1) is 15.6. The Labute approximate surface area is 114 Å². The van der Waals surface area contributed by atoms with Crippen molar-refractivity contribution in [3.8, 4) is 0 Å². The highest BCUT2D eigenvalue weighted by Crippen LogP contribution is 2.01. The number of nitrogens with two attached hydrogens (primary N) is 1. The number of aromatic amines is 1. The summed E-state index contributed by atoms with van der Waals surface area (Å²) in [5.41, 5.74) is 5.98. The van der Waals surface area contributed by atoms with Crippen molar-refractivity contribution in [2.75, 3.05) is 0 Å². The highest BCUT2D eigenvalue weighted by atomic mass is 16.4. The SMILES string of the molecule is N[C@@H](CCC(=O)O)C(=O)N[C@@H](Cc1c[nH]cn1)C(=O)O. The van der Waals surface area contributed by atoms with Crippen LogP contribution in [-0.4, -0.2) is 50.1 Å². The largest absolute Gasteiger partial charge is 0.481 e. The molecule has 0 aliphatic rings. The zero-order chi connectivity index (χ0) is 15.1. The zero-order valence-corrected chi connectivity index (χ0v) is 10.6. The first-order valence-electron chi connectivity index (χ1n) is 5.88. The quantitative estimate of drug-likeness (QED) is 0.397. The molecule has 0 spiro atoms. The number of rotatable bonds is 8. The highest BCUT2D eigenvalue weighted by Gasteiger charge is 2.24. The number of aliphatic carboxylic acids is 2. The average molecular weight is 284 g/mol. The van der Waals surface area contributed by atoms with Gasteiger partial charge in [0.2, 0.25) is 5.91 Å². The van der Waals surface area contributed by atoms with Crippen LogP contribution in [0, 0.1) is 0 Å². The van der Waals surface area contributed by atoms with Gasteiger partial charge in [-0.05, 0) is 6.42 Å². The molecule has 0 saturated heterocycles. The number of carbonyl (C=O) groups excluding carboxylic acids is 1. The number of nitrogens with zero attached hydrogens (tertiary/aromatic N) is 1. The third-order valence-corrected chi connectivity index (χ3v) is 2.59. The van der Waals surface area contributed by atoms with Gasteiger partial charge in [0, 0.05) is 19.0 Å². The van der Waals surface area contributed by atoms with Crippen LogP contribution in [0.1, 0.15) is 18.5 Å². The Morgan fingerprint density at radius 2 is 2.10 bits per heavy atom. The van der Waals surface area contributed by atoms with Gasteiger partial charge in [0.15, 0.2) is 0 Å². The number of hydrogen-bond donors (Lipinski definition) is 5. The molecule has 0 aliphatic carbocycles. The maximum absolute atomic E-state index is 11.7. The fourth-order valence-electron chi connectivity index (χ4n) is 1.50. The Bertz CT molecular complexity index is 473. The van der Waals surface area contributed by atoms with Crippen LogP contribution in [0.25, 0.3) is 0 Å². The Morgan fingerprint density at radius 3 is 2.60 bits per heavy atom. The van der Waals surface area contributed by atoms with Crippen molar-refractivity contribution >= 4 is 17.8 Å². The number of nitrogens with one attached hydrogen (secondary N) is 2. The van der Waals surface area contributed by atoms with E-state index in [1.807, 2.05) is 0 Å². The average Bonchev–Trinajstić information content (AvgIpc) is 2.87. The monoisotopic (exact) mass is 284 g/mol. The Morgan fingerprint density at radius 1 is 1.40 bits per heavy atom. The molecule has 0 unspecified atom stereocenters. The molecular formula is C11H16N4O5. The van der Waals surface area contributed by atoms with Crippen molar-refractivity contribution in [2.24, 2.45) is 5.73 Å². The molecule has 0 fully saturated rings. The third kappa shape index (κ3) is 5.06. The van der Waals surface area contributed by atoms with E-state index in [1.54, 1.807) is 0 Å². The summed E-state index contributed by atoms with van der Waals surface area (Å²) in [6.07, 6.45) is 2.61. The number of carbonyl (C=O) groups is 3. The second kappa shape index (κ2) is 7.24. The number of H-pyrrole nitrogens is 1. The predicted octanol–water partition coefficient (Wildman–Crippen LogP) is -1.29. The van der Waals surface area contributed by atoms with Gasteiger partial charge in [0.05, 0.1) is 18.1 Å². The summed E-state index contributed by atoms with van der Waals surface area (Å²) in [7, 11) is 0. The lowest BCUT2D eigenvalue weighted by Crippen LogP contribution is -2.49. The molecule has 9 nitrogen and oxygen atoms in total. The summed E-state index contributed by atoms with van der Waals surface area (Å²) in [4.78, 5) is 39.7. The summed E-state index contributed by atoms with van der Waals surface area (Å²) < 4.78 is 0. The van der Waals surface area contributed by atoms with E-state index in [0.717, 1.165) is 0 Å². The summed E-state index contributed by atoms with van der Waals surface area (Å²) in [6, 6.07) is -2.23. The standard InChI is InChI=1S/C11H16N4O5/c12-7(1-2-9(16)17)10(18)15-8(11(19)20)3-6-4-13-5-14-6/h4-5,7-8H,1-3,12H2,(H,13,14)(H,15,18)(H,16,17)(H,19,20)/t7-,8-/m0/s1. The number of carboxylic acids is 2. The minimum absolute atomic E-state index is 0.0101. The second-order valence-electron chi connectivity index (χ2n) is 4.20. The fourth-order valence-corrected chi connectivity index (χ4v) is 1.50. The van der Waals surface area contributed by atoms with Gasteiger partial charge in [-0.2, -0.15) is 0 Å². The predicted molar refractivity (Wildman–Crippen MR) is 66.7 cm³/mol. The smallest absolute Gasteiger partial charge is 0.326 e. The van der Waals surface area contributed by atoms with Gasteiger partial charge in [0.25, 0.3) is 0 Å². The zero-order valence-electron chi connectivity index (χ0n) is 10.6. The summed E-state index contributed by atoms with van der Waals surface area (Å²) in [6.45, 7) is 0. The normalized spacial score (nSPS) is 13.4. The van der Waals surface area contributed by atoms with Gasteiger partial charge in [-0.3, -0.25) is 9.59 Å². The third-order valence-electron chi connectivity index (χ3n) is 2.59. The van der Waals surface area contributed by atoms with E-state index in [0.29, 0.717) is 5.69 Å². The molecule has 9 heteroatoms. The molecule has 1 aromatic rings. The molecule has 1 heterocycles. The topological polar surface area (TPSA) is 158 Å². The van der Waals surface area contributed by atoms with Gasteiger partial charge in [-0.15, -0.1) is 0 Å². The molecule has 20 heavy (non-hydrogen) atoms. The first-order chi connectivity index (χ1) is 9.40. The molecule has 2 atom stereocenters. The molecule has 1 amide bonds. The van der Waals surface area contributed by atoms with Crippen LogP contribution in [0.2, 0.25) is 0 Å². The molecule has 6 N–H and O–H groups in total. The molecule has 110 valence electrons. The van der Waals surface area contributed by atoms with Gasteiger partial charge in [-0.1, -0.05) is 0 Å². The Balaban J connectivity index is 2.54. The maximum Gasteiger partial charge on any atom is 0.326 e. The molecule has 0 bridgehead atoms. The van der Waals surface area contributed by atoms with Crippen LogP contribution >= 0.6 is 0 Å². The van der Waals surface area contributed by atoms with Gasteiger partial charge in [0.1, 0.15) is 6.04 Å². The second-order valence-corrected chi connectivity index (χ2v) is 4.20. The number of carboxylic acid groups (broad SMARTS) is 2. The van der Waals surface area contributed by atoms with E-state index in [4.69, 9.17) is 15.9 Å². The molecule has 1 aromatic heterocycles. The number of imidazole rings is 1. The van der Waals surface area contributed by atoms with Crippen molar-refractivity contribution in [3.63, 3.8) is 0 Å².